The molecule has 1 aromatic heterocycles. The quantitative estimate of drug-likeness (QED) is 0.797. The number of alkyl halides is 3. The van der Waals surface area contributed by atoms with Crippen molar-refractivity contribution < 1.29 is 22.8 Å². The van der Waals surface area contributed by atoms with Crippen molar-refractivity contribution >= 4 is 23.2 Å². The molecule has 0 spiro atoms. The smallest absolute Gasteiger partial charge is 0.342 e. The molecule has 0 saturated carbocycles. The van der Waals surface area contributed by atoms with Gasteiger partial charge in [0.15, 0.2) is 0 Å². The summed E-state index contributed by atoms with van der Waals surface area (Å²) in [5, 5.41) is 2.07. The second-order valence-corrected chi connectivity index (χ2v) is 8.15. The highest BCUT2D eigenvalue weighted by Crippen LogP contribution is 2.28. The van der Waals surface area contributed by atoms with E-state index in [2.05, 4.69) is 17.5 Å². The highest BCUT2D eigenvalue weighted by molar-refractivity contribution is 7.09. The summed E-state index contributed by atoms with van der Waals surface area (Å²) in [6, 6.07) is 4.19. The van der Waals surface area contributed by atoms with E-state index in [0.29, 0.717) is 18.8 Å². The van der Waals surface area contributed by atoms with Gasteiger partial charge in [-0.1, -0.05) is 6.07 Å². The lowest BCUT2D eigenvalue weighted by atomic mass is 9.90. The average molecular weight is 388 g/mol. The zero-order valence-corrected chi connectivity index (χ0v) is 15.3. The van der Waals surface area contributed by atoms with E-state index in [1.165, 1.54) is 4.88 Å². The summed E-state index contributed by atoms with van der Waals surface area (Å²) < 4.78 is 37.5. The number of nitrogens with zero attached hydrogens (tertiary/aromatic N) is 2. The van der Waals surface area contributed by atoms with Crippen LogP contribution in [0.2, 0.25) is 0 Å². The third kappa shape index (κ3) is 4.58. The SMILES string of the molecule is O=C(C1CCN(C(=O)C(F)(F)F)CC1)N1CCC(Cc2cccs2)CC1. The highest BCUT2D eigenvalue weighted by Gasteiger charge is 2.44. The number of thiophene rings is 1. The van der Waals surface area contributed by atoms with E-state index in [9.17, 15) is 22.8 Å². The van der Waals surface area contributed by atoms with E-state index in [0.717, 1.165) is 37.3 Å². The number of piperidine rings is 2. The Morgan fingerprint density at radius 3 is 2.19 bits per heavy atom. The Bertz CT molecular complexity index is 617. The van der Waals surface area contributed by atoms with Crippen LogP contribution < -0.4 is 0 Å². The minimum absolute atomic E-state index is 0.00356. The topological polar surface area (TPSA) is 40.6 Å². The maximum absolute atomic E-state index is 12.7. The van der Waals surface area contributed by atoms with Gasteiger partial charge in [-0.05, 0) is 49.5 Å². The van der Waals surface area contributed by atoms with Crippen LogP contribution in [-0.2, 0) is 16.0 Å². The van der Waals surface area contributed by atoms with Crippen molar-refractivity contribution in [2.45, 2.75) is 38.3 Å². The molecule has 2 fully saturated rings. The van der Waals surface area contributed by atoms with Gasteiger partial charge in [-0.2, -0.15) is 13.2 Å². The first-order valence-corrected chi connectivity index (χ1v) is 9.90. The first-order valence-electron chi connectivity index (χ1n) is 9.02. The number of carbonyl (C=O) groups excluding carboxylic acids is 2. The van der Waals surface area contributed by atoms with Crippen LogP contribution in [0.3, 0.4) is 0 Å². The van der Waals surface area contributed by atoms with Crippen molar-refractivity contribution in [3.63, 3.8) is 0 Å². The third-order valence-corrected chi connectivity index (χ3v) is 6.27. The van der Waals surface area contributed by atoms with Gasteiger partial charge >= 0.3 is 12.1 Å². The largest absolute Gasteiger partial charge is 0.471 e. The number of halogens is 3. The Hall–Kier alpha value is -1.57. The summed E-state index contributed by atoms with van der Waals surface area (Å²) in [6.07, 6.45) is -1.21. The lowest BCUT2D eigenvalue weighted by molar-refractivity contribution is -0.187. The molecule has 4 nitrogen and oxygen atoms in total. The second kappa shape index (κ2) is 7.98. The Labute approximate surface area is 155 Å². The highest BCUT2D eigenvalue weighted by atomic mass is 32.1. The number of hydrogen-bond acceptors (Lipinski definition) is 3. The zero-order chi connectivity index (χ0) is 18.7. The van der Waals surface area contributed by atoms with Crippen LogP contribution in [0, 0.1) is 11.8 Å². The van der Waals surface area contributed by atoms with Gasteiger partial charge in [0.1, 0.15) is 0 Å². The van der Waals surface area contributed by atoms with Gasteiger partial charge in [0.05, 0.1) is 0 Å². The molecule has 144 valence electrons. The second-order valence-electron chi connectivity index (χ2n) is 7.12. The molecule has 26 heavy (non-hydrogen) atoms. The molecule has 2 aliphatic heterocycles. The van der Waals surface area contributed by atoms with E-state index >= 15 is 0 Å². The zero-order valence-electron chi connectivity index (χ0n) is 14.5. The molecule has 3 heterocycles. The molecule has 0 N–H and O–H groups in total. The molecule has 0 unspecified atom stereocenters. The summed E-state index contributed by atoms with van der Waals surface area (Å²) in [5.74, 6) is -1.43. The molecule has 0 radical (unpaired) electrons. The van der Waals surface area contributed by atoms with Gasteiger partial charge in [-0.3, -0.25) is 9.59 Å². The van der Waals surface area contributed by atoms with Crippen molar-refractivity contribution in [1.82, 2.24) is 9.80 Å². The lowest BCUT2D eigenvalue weighted by Crippen LogP contribution is -2.49. The monoisotopic (exact) mass is 388 g/mol. The average Bonchev–Trinajstić information content (AvgIpc) is 3.13. The number of amides is 2. The molecule has 2 amide bonds. The fourth-order valence-corrected chi connectivity index (χ4v) is 4.66. The summed E-state index contributed by atoms with van der Waals surface area (Å²) >= 11 is 1.76. The van der Waals surface area contributed by atoms with Crippen molar-refractivity contribution in [2.24, 2.45) is 11.8 Å². The minimum Gasteiger partial charge on any atom is -0.342 e. The minimum atomic E-state index is -4.83. The maximum atomic E-state index is 12.7. The van der Waals surface area contributed by atoms with E-state index < -0.39 is 12.1 Å². The van der Waals surface area contributed by atoms with Crippen LogP contribution in [-0.4, -0.2) is 54.0 Å². The molecule has 0 aromatic carbocycles. The van der Waals surface area contributed by atoms with E-state index in [1.807, 2.05) is 4.90 Å². The Kier molecular flexibility index (Phi) is 5.89. The Morgan fingerprint density at radius 2 is 1.65 bits per heavy atom. The molecular formula is C18H23F3N2O2S. The standard InChI is InChI=1S/C18H23F3N2O2S/c19-18(20,21)17(25)23-9-5-14(6-10-23)16(24)22-7-3-13(4-8-22)12-15-2-1-11-26-15/h1-2,11,13-14H,3-10,12H2. The fourth-order valence-electron chi connectivity index (χ4n) is 3.84. The molecule has 3 rings (SSSR count). The van der Waals surface area contributed by atoms with Crippen LogP contribution in [0.1, 0.15) is 30.6 Å². The molecule has 0 aliphatic carbocycles. The molecule has 0 atom stereocenters. The van der Waals surface area contributed by atoms with Crippen LogP contribution in [0.25, 0.3) is 0 Å². The van der Waals surface area contributed by atoms with Crippen LogP contribution in [0.15, 0.2) is 17.5 Å². The van der Waals surface area contributed by atoms with Gasteiger partial charge in [-0.15, -0.1) is 11.3 Å². The van der Waals surface area contributed by atoms with Crippen molar-refractivity contribution in [1.29, 1.82) is 0 Å². The molecule has 2 saturated heterocycles. The van der Waals surface area contributed by atoms with Gasteiger partial charge < -0.3 is 9.80 Å². The summed E-state index contributed by atoms with van der Waals surface area (Å²) in [6.45, 7) is 1.44. The number of rotatable bonds is 3. The molecule has 2 aliphatic rings. The van der Waals surface area contributed by atoms with Crippen LogP contribution >= 0.6 is 11.3 Å². The summed E-state index contributed by atoms with van der Waals surface area (Å²) in [7, 11) is 0. The van der Waals surface area contributed by atoms with Gasteiger partial charge in [-0.25, -0.2) is 0 Å². The number of carbonyl (C=O) groups is 2. The lowest BCUT2D eigenvalue weighted by Gasteiger charge is -2.37. The summed E-state index contributed by atoms with van der Waals surface area (Å²) in [4.78, 5) is 28.0. The van der Waals surface area contributed by atoms with E-state index in [-0.39, 0.29) is 24.9 Å². The van der Waals surface area contributed by atoms with E-state index in [1.54, 1.807) is 11.3 Å². The Balaban J connectivity index is 1.44. The van der Waals surface area contributed by atoms with E-state index in [4.69, 9.17) is 0 Å². The van der Waals surface area contributed by atoms with Gasteiger partial charge in [0, 0.05) is 37.0 Å². The number of likely N-dealkylation sites (tertiary alicyclic amines) is 2. The van der Waals surface area contributed by atoms with Gasteiger partial charge in [0.2, 0.25) is 5.91 Å². The number of hydrogen-bond donors (Lipinski definition) is 0. The predicted molar refractivity (Wildman–Crippen MR) is 92.7 cm³/mol. The van der Waals surface area contributed by atoms with Gasteiger partial charge in [0.25, 0.3) is 0 Å². The normalized spacial score (nSPS) is 20.4. The van der Waals surface area contributed by atoms with Crippen molar-refractivity contribution in [3.8, 4) is 0 Å². The third-order valence-electron chi connectivity index (χ3n) is 5.37. The van der Waals surface area contributed by atoms with Crippen molar-refractivity contribution in [3.05, 3.63) is 22.4 Å². The predicted octanol–water partition coefficient (Wildman–Crippen LogP) is 3.33. The maximum Gasteiger partial charge on any atom is 0.471 e. The summed E-state index contributed by atoms with van der Waals surface area (Å²) in [5.41, 5.74) is 0. The Morgan fingerprint density at radius 1 is 1.04 bits per heavy atom. The first kappa shape index (κ1) is 19.2. The first-order chi connectivity index (χ1) is 12.3. The fraction of sp³-hybridized carbons (Fsp3) is 0.667. The van der Waals surface area contributed by atoms with Crippen LogP contribution in [0.5, 0.6) is 0 Å². The van der Waals surface area contributed by atoms with Crippen molar-refractivity contribution in [2.75, 3.05) is 26.2 Å². The molecule has 0 bridgehead atoms. The molecule has 1 aromatic rings. The van der Waals surface area contributed by atoms with Crippen LogP contribution in [0.4, 0.5) is 13.2 Å². The molecular weight excluding hydrogens is 365 g/mol. The molecule has 8 heteroatoms.